The van der Waals surface area contributed by atoms with Crippen LogP contribution in [0.2, 0.25) is 0 Å². The van der Waals surface area contributed by atoms with Crippen LogP contribution in [-0.2, 0) is 4.79 Å². The summed E-state index contributed by atoms with van der Waals surface area (Å²) in [5, 5.41) is 13.3. The second kappa shape index (κ2) is 7.20. The summed E-state index contributed by atoms with van der Waals surface area (Å²) >= 11 is 3.56. The number of anilines is 1. The van der Waals surface area contributed by atoms with Gasteiger partial charge in [-0.3, -0.25) is 0 Å². The molecule has 4 aromatic rings. The lowest BCUT2D eigenvalue weighted by molar-refractivity contribution is -0.138. The Bertz CT molecular complexity index is 1100. The lowest BCUT2D eigenvalue weighted by Crippen LogP contribution is -2.21. The van der Waals surface area contributed by atoms with Crippen LogP contribution in [0.15, 0.2) is 75.9 Å². The molecule has 0 aliphatic heterocycles. The highest BCUT2D eigenvalue weighted by atomic mass is 79.9. The summed E-state index contributed by atoms with van der Waals surface area (Å²) in [6, 6.07) is 17.6. The second-order valence-corrected chi connectivity index (χ2v) is 6.63. The fraction of sp³-hybridized carbons (Fsp3) is 0.0500. The molecule has 0 fully saturated rings. The highest BCUT2D eigenvalue weighted by molar-refractivity contribution is 9.10. The largest absolute Gasteiger partial charge is 0.479 e. The van der Waals surface area contributed by atoms with E-state index in [0.29, 0.717) is 32.7 Å². The average Bonchev–Trinajstić information content (AvgIpc) is 3.04. The number of hydrogen-bond acceptors (Lipinski definition) is 5. The van der Waals surface area contributed by atoms with Crippen molar-refractivity contribution in [3.05, 3.63) is 77.0 Å². The van der Waals surface area contributed by atoms with E-state index in [1.54, 1.807) is 24.3 Å². The van der Waals surface area contributed by atoms with Gasteiger partial charge in [0.05, 0.1) is 9.86 Å². The summed E-state index contributed by atoms with van der Waals surface area (Å²) in [5.74, 6) is -0.00865. The van der Waals surface area contributed by atoms with Crippen molar-refractivity contribution in [3.8, 4) is 11.3 Å². The van der Waals surface area contributed by atoms with Crippen LogP contribution in [0.1, 0.15) is 11.6 Å². The van der Waals surface area contributed by atoms with Crippen LogP contribution in [0.25, 0.3) is 22.4 Å². The molecule has 0 radical (unpaired) electrons. The van der Waals surface area contributed by atoms with Crippen molar-refractivity contribution >= 4 is 38.8 Å². The Kier molecular flexibility index (Phi) is 4.60. The van der Waals surface area contributed by atoms with E-state index >= 15 is 0 Å². The minimum absolute atomic E-state index is 0.371. The summed E-state index contributed by atoms with van der Waals surface area (Å²) in [6.07, 6.45) is 1.35. The van der Waals surface area contributed by atoms with Crippen molar-refractivity contribution in [2.45, 2.75) is 6.04 Å². The number of furan rings is 1. The van der Waals surface area contributed by atoms with Gasteiger partial charge in [0.15, 0.2) is 11.8 Å². The number of nitrogens with zero attached hydrogens (tertiary/aromatic N) is 2. The van der Waals surface area contributed by atoms with Gasteiger partial charge in [-0.25, -0.2) is 14.8 Å². The Hall–Kier alpha value is -3.19. The van der Waals surface area contributed by atoms with E-state index in [0.717, 1.165) is 5.56 Å². The summed E-state index contributed by atoms with van der Waals surface area (Å²) < 4.78 is 6.56. The first-order chi connectivity index (χ1) is 13.1. The minimum Gasteiger partial charge on any atom is -0.479 e. The topological polar surface area (TPSA) is 88.2 Å². The highest BCUT2D eigenvalue weighted by Gasteiger charge is 2.24. The molecule has 0 saturated carbocycles. The number of aliphatic carboxylic acids is 1. The predicted octanol–water partition coefficient (Wildman–Crippen LogP) is 4.89. The van der Waals surface area contributed by atoms with Crippen molar-refractivity contribution in [1.82, 2.24) is 9.97 Å². The van der Waals surface area contributed by atoms with Crippen molar-refractivity contribution < 1.29 is 14.3 Å². The normalized spacial score (nSPS) is 12.0. The zero-order valence-electron chi connectivity index (χ0n) is 14.0. The molecule has 134 valence electrons. The maximum atomic E-state index is 11.8. The standard InChI is InChI=1S/C20H14BrN3O3/c21-15-14-18(24-16(20(25)26)12-7-3-1-4-8-12)22-11-23-19(14)27-17(15)13-9-5-2-6-10-13/h1-11,16H,(H,25,26)(H,22,23,24). The Labute approximate surface area is 163 Å². The fourth-order valence-corrected chi connectivity index (χ4v) is 3.52. The van der Waals surface area contributed by atoms with E-state index in [1.165, 1.54) is 6.33 Å². The molecule has 2 aromatic carbocycles. The average molecular weight is 424 g/mol. The molecule has 0 spiro atoms. The van der Waals surface area contributed by atoms with Gasteiger partial charge in [0.2, 0.25) is 5.71 Å². The number of nitrogens with one attached hydrogen (secondary N) is 1. The molecule has 7 heteroatoms. The molecule has 1 atom stereocenters. The van der Waals surface area contributed by atoms with Crippen LogP contribution in [0.5, 0.6) is 0 Å². The second-order valence-electron chi connectivity index (χ2n) is 5.84. The number of rotatable bonds is 5. The molecule has 0 saturated heterocycles. The van der Waals surface area contributed by atoms with E-state index in [2.05, 4.69) is 31.2 Å². The van der Waals surface area contributed by atoms with E-state index in [9.17, 15) is 9.90 Å². The van der Waals surface area contributed by atoms with E-state index in [4.69, 9.17) is 4.42 Å². The first kappa shape index (κ1) is 17.2. The predicted molar refractivity (Wildman–Crippen MR) is 105 cm³/mol. The lowest BCUT2D eigenvalue weighted by atomic mass is 10.1. The van der Waals surface area contributed by atoms with E-state index < -0.39 is 12.0 Å². The Morgan fingerprint density at radius 1 is 1.04 bits per heavy atom. The van der Waals surface area contributed by atoms with Crippen LogP contribution >= 0.6 is 15.9 Å². The van der Waals surface area contributed by atoms with Crippen LogP contribution in [0.4, 0.5) is 5.82 Å². The molecule has 2 aromatic heterocycles. The number of hydrogen-bond donors (Lipinski definition) is 2. The van der Waals surface area contributed by atoms with Gasteiger partial charge in [0, 0.05) is 5.56 Å². The molecule has 0 amide bonds. The van der Waals surface area contributed by atoms with Gasteiger partial charge in [-0.05, 0) is 21.5 Å². The van der Waals surface area contributed by atoms with Crippen LogP contribution in [0.3, 0.4) is 0 Å². The third-order valence-corrected chi connectivity index (χ3v) is 4.88. The molecule has 0 bridgehead atoms. The fourth-order valence-electron chi connectivity index (χ4n) is 2.85. The molecular formula is C20H14BrN3O3. The van der Waals surface area contributed by atoms with Crippen molar-refractivity contribution in [1.29, 1.82) is 0 Å². The third-order valence-electron chi connectivity index (χ3n) is 4.13. The molecule has 6 nitrogen and oxygen atoms in total. The third kappa shape index (κ3) is 3.29. The molecule has 0 aliphatic carbocycles. The Morgan fingerprint density at radius 2 is 1.70 bits per heavy atom. The number of halogens is 1. The Balaban J connectivity index is 1.80. The van der Waals surface area contributed by atoms with Gasteiger partial charge in [-0.2, -0.15) is 0 Å². The molecule has 27 heavy (non-hydrogen) atoms. The van der Waals surface area contributed by atoms with Gasteiger partial charge in [0.1, 0.15) is 12.1 Å². The first-order valence-corrected chi connectivity index (χ1v) is 8.97. The summed E-state index contributed by atoms with van der Waals surface area (Å²) in [6.45, 7) is 0. The van der Waals surface area contributed by atoms with Gasteiger partial charge >= 0.3 is 5.97 Å². The monoisotopic (exact) mass is 423 g/mol. The zero-order valence-corrected chi connectivity index (χ0v) is 15.6. The van der Waals surface area contributed by atoms with Crippen LogP contribution in [-0.4, -0.2) is 21.0 Å². The summed E-state index contributed by atoms with van der Waals surface area (Å²) in [7, 11) is 0. The molecule has 2 heterocycles. The molecule has 0 aliphatic rings. The molecule has 1 unspecified atom stereocenters. The zero-order chi connectivity index (χ0) is 18.8. The quantitative estimate of drug-likeness (QED) is 0.474. The first-order valence-electron chi connectivity index (χ1n) is 8.18. The molecule has 4 rings (SSSR count). The maximum Gasteiger partial charge on any atom is 0.330 e. The van der Waals surface area contributed by atoms with Gasteiger partial charge in [-0.1, -0.05) is 60.7 Å². The van der Waals surface area contributed by atoms with Gasteiger partial charge < -0.3 is 14.8 Å². The summed E-state index contributed by atoms with van der Waals surface area (Å²) in [5.41, 5.74) is 1.88. The lowest BCUT2D eigenvalue weighted by Gasteiger charge is -2.15. The number of carbonyl (C=O) groups is 1. The van der Waals surface area contributed by atoms with Crippen LogP contribution in [0, 0.1) is 0 Å². The van der Waals surface area contributed by atoms with Crippen LogP contribution < -0.4 is 5.32 Å². The van der Waals surface area contributed by atoms with E-state index in [1.807, 2.05) is 36.4 Å². The molecular weight excluding hydrogens is 410 g/mol. The van der Waals surface area contributed by atoms with Crippen molar-refractivity contribution in [2.24, 2.45) is 0 Å². The smallest absolute Gasteiger partial charge is 0.330 e. The minimum atomic E-state index is -1.00. The van der Waals surface area contributed by atoms with Gasteiger partial charge in [0.25, 0.3) is 0 Å². The summed E-state index contributed by atoms with van der Waals surface area (Å²) in [4.78, 5) is 20.2. The SMILES string of the molecule is O=C(O)C(Nc1ncnc2oc(-c3ccccc3)c(Br)c12)c1ccccc1. The van der Waals surface area contributed by atoms with Gasteiger partial charge in [-0.15, -0.1) is 0 Å². The molecule has 2 N–H and O–H groups in total. The number of carboxylic acid groups (broad SMARTS) is 1. The van der Waals surface area contributed by atoms with E-state index in [-0.39, 0.29) is 0 Å². The number of carboxylic acids is 1. The maximum absolute atomic E-state index is 11.8. The van der Waals surface area contributed by atoms with Crippen molar-refractivity contribution in [3.63, 3.8) is 0 Å². The number of aromatic nitrogens is 2. The number of fused-ring (bicyclic) bond motifs is 1. The van der Waals surface area contributed by atoms with Crippen molar-refractivity contribution in [2.75, 3.05) is 5.32 Å². The highest BCUT2D eigenvalue weighted by Crippen LogP contribution is 2.40. The number of benzene rings is 2. The Morgan fingerprint density at radius 3 is 2.37 bits per heavy atom.